The van der Waals surface area contributed by atoms with Crippen LogP contribution in [0.3, 0.4) is 0 Å². The van der Waals surface area contributed by atoms with Crippen LogP contribution < -0.4 is 5.32 Å². The number of nitrogens with zero attached hydrogens (tertiary/aromatic N) is 1. The Balaban J connectivity index is 1.57. The van der Waals surface area contributed by atoms with E-state index in [1.54, 1.807) is 0 Å². The molecule has 1 N–H and O–H groups in total. The molecule has 1 aliphatic heterocycles. The number of carbonyl (C=O) groups excluding carboxylic acids is 2. The molecule has 1 heterocycles. The first kappa shape index (κ1) is 18.6. The first-order valence-corrected chi connectivity index (χ1v) is 9.66. The third-order valence-electron chi connectivity index (χ3n) is 4.90. The van der Waals surface area contributed by atoms with Gasteiger partial charge in [-0.25, -0.2) is 0 Å². The van der Waals surface area contributed by atoms with Crippen LogP contribution in [0, 0.1) is 19.8 Å². The van der Waals surface area contributed by atoms with Gasteiger partial charge in [-0.3, -0.25) is 9.59 Å². The molecular formula is C21H23BrN2O2. The number of piperidine rings is 1. The largest absolute Gasteiger partial charge is 0.339 e. The Hall–Kier alpha value is -2.14. The van der Waals surface area contributed by atoms with Crippen LogP contribution in [0.5, 0.6) is 0 Å². The molecule has 136 valence electrons. The molecule has 4 nitrogen and oxygen atoms in total. The maximum atomic E-state index is 12.6. The van der Waals surface area contributed by atoms with Crippen LogP contribution in [0.2, 0.25) is 0 Å². The number of amides is 2. The molecular weight excluding hydrogens is 392 g/mol. The molecule has 1 saturated heterocycles. The Morgan fingerprint density at radius 1 is 1.04 bits per heavy atom. The highest BCUT2D eigenvalue weighted by Gasteiger charge is 2.28. The summed E-state index contributed by atoms with van der Waals surface area (Å²) < 4.78 is 0.955. The van der Waals surface area contributed by atoms with Crippen molar-refractivity contribution in [2.45, 2.75) is 26.7 Å². The Kier molecular flexibility index (Phi) is 5.77. The molecule has 0 bridgehead atoms. The van der Waals surface area contributed by atoms with Crippen molar-refractivity contribution < 1.29 is 9.59 Å². The summed E-state index contributed by atoms with van der Waals surface area (Å²) in [7, 11) is 0. The summed E-state index contributed by atoms with van der Waals surface area (Å²) in [4.78, 5) is 27.0. The molecule has 0 aliphatic carbocycles. The second kappa shape index (κ2) is 8.04. The summed E-state index contributed by atoms with van der Waals surface area (Å²) in [6.07, 6.45) is 1.39. The summed E-state index contributed by atoms with van der Waals surface area (Å²) in [6.45, 7) is 5.23. The van der Waals surface area contributed by atoms with Crippen LogP contribution >= 0.6 is 15.9 Å². The zero-order valence-electron chi connectivity index (χ0n) is 15.1. The maximum Gasteiger partial charge on any atom is 0.253 e. The van der Waals surface area contributed by atoms with Crippen molar-refractivity contribution >= 4 is 33.4 Å². The van der Waals surface area contributed by atoms with Crippen LogP contribution in [0.15, 0.2) is 46.9 Å². The normalized spacial score (nSPS) is 15.0. The number of hydrogen-bond donors (Lipinski definition) is 1. The van der Waals surface area contributed by atoms with Crippen molar-refractivity contribution in [3.63, 3.8) is 0 Å². The molecule has 2 amide bonds. The second-order valence-electron chi connectivity index (χ2n) is 6.88. The number of anilines is 1. The van der Waals surface area contributed by atoms with Gasteiger partial charge in [0.05, 0.1) is 0 Å². The fourth-order valence-corrected chi connectivity index (χ4v) is 3.49. The molecule has 0 atom stereocenters. The van der Waals surface area contributed by atoms with Gasteiger partial charge in [-0.15, -0.1) is 0 Å². The Labute approximate surface area is 162 Å². The third-order valence-corrected chi connectivity index (χ3v) is 5.42. The average Bonchev–Trinajstić information content (AvgIpc) is 2.65. The highest BCUT2D eigenvalue weighted by atomic mass is 79.9. The fraction of sp³-hybridized carbons (Fsp3) is 0.333. The number of benzene rings is 2. The lowest BCUT2D eigenvalue weighted by atomic mass is 9.95. The summed E-state index contributed by atoms with van der Waals surface area (Å²) in [5.74, 6) is 0.0317. The van der Waals surface area contributed by atoms with E-state index in [4.69, 9.17) is 0 Å². The molecule has 0 radical (unpaired) electrons. The van der Waals surface area contributed by atoms with E-state index in [9.17, 15) is 9.59 Å². The van der Waals surface area contributed by atoms with Crippen LogP contribution in [0.4, 0.5) is 5.69 Å². The van der Waals surface area contributed by atoms with E-state index in [-0.39, 0.29) is 17.7 Å². The van der Waals surface area contributed by atoms with Gasteiger partial charge in [0.1, 0.15) is 0 Å². The molecule has 0 saturated carbocycles. The van der Waals surface area contributed by atoms with E-state index in [0.29, 0.717) is 31.5 Å². The Morgan fingerprint density at radius 3 is 2.35 bits per heavy atom. The molecule has 26 heavy (non-hydrogen) atoms. The monoisotopic (exact) mass is 414 g/mol. The van der Waals surface area contributed by atoms with Crippen molar-refractivity contribution in [1.82, 2.24) is 4.90 Å². The van der Waals surface area contributed by atoms with Gasteiger partial charge >= 0.3 is 0 Å². The smallest absolute Gasteiger partial charge is 0.253 e. The second-order valence-corrected chi connectivity index (χ2v) is 7.80. The van der Waals surface area contributed by atoms with Gasteiger partial charge in [-0.05, 0) is 68.1 Å². The molecule has 2 aromatic carbocycles. The topological polar surface area (TPSA) is 49.4 Å². The molecule has 5 heteroatoms. The van der Waals surface area contributed by atoms with E-state index in [1.165, 1.54) is 0 Å². The summed E-state index contributed by atoms with van der Waals surface area (Å²) in [5, 5.41) is 3.06. The van der Waals surface area contributed by atoms with Crippen molar-refractivity contribution in [3.8, 4) is 0 Å². The molecule has 1 aliphatic rings. The minimum Gasteiger partial charge on any atom is -0.339 e. The lowest BCUT2D eigenvalue weighted by Gasteiger charge is -2.31. The van der Waals surface area contributed by atoms with Crippen LogP contribution in [-0.2, 0) is 4.79 Å². The van der Waals surface area contributed by atoms with Crippen molar-refractivity contribution in [2.75, 3.05) is 18.4 Å². The highest BCUT2D eigenvalue weighted by molar-refractivity contribution is 9.10. The quantitative estimate of drug-likeness (QED) is 0.799. The van der Waals surface area contributed by atoms with Crippen LogP contribution in [0.1, 0.15) is 34.3 Å². The van der Waals surface area contributed by atoms with Crippen molar-refractivity contribution in [3.05, 3.63) is 63.6 Å². The van der Waals surface area contributed by atoms with E-state index in [0.717, 1.165) is 21.3 Å². The molecule has 1 fully saturated rings. The van der Waals surface area contributed by atoms with Gasteiger partial charge in [0, 0.05) is 34.7 Å². The first-order chi connectivity index (χ1) is 12.4. The lowest BCUT2D eigenvalue weighted by molar-refractivity contribution is -0.121. The minimum atomic E-state index is -0.0520. The van der Waals surface area contributed by atoms with E-state index < -0.39 is 0 Å². The number of nitrogens with one attached hydrogen (secondary N) is 1. The standard InChI is InChI=1S/C21H23BrN2O2/c1-14-3-4-15(2)19(13-14)23-20(25)16-9-11-24(12-10-16)21(26)17-5-7-18(22)8-6-17/h3-8,13,16H,9-12H2,1-2H3,(H,23,25). The number of likely N-dealkylation sites (tertiary alicyclic amines) is 1. The molecule has 0 aromatic heterocycles. The van der Waals surface area contributed by atoms with Gasteiger partial charge in [0.25, 0.3) is 5.91 Å². The van der Waals surface area contributed by atoms with E-state index >= 15 is 0 Å². The number of rotatable bonds is 3. The van der Waals surface area contributed by atoms with Gasteiger partial charge in [0.15, 0.2) is 0 Å². The van der Waals surface area contributed by atoms with Gasteiger partial charge in [-0.2, -0.15) is 0 Å². The summed E-state index contributed by atoms with van der Waals surface area (Å²) in [6, 6.07) is 13.5. The lowest BCUT2D eigenvalue weighted by Crippen LogP contribution is -2.41. The third kappa shape index (κ3) is 4.33. The maximum absolute atomic E-state index is 12.6. The first-order valence-electron chi connectivity index (χ1n) is 8.87. The number of carbonyl (C=O) groups is 2. The molecule has 0 spiro atoms. The SMILES string of the molecule is Cc1ccc(C)c(NC(=O)C2CCN(C(=O)c3ccc(Br)cc3)CC2)c1. The van der Waals surface area contributed by atoms with Crippen LogP contribution in [-0.4, -0.2) is 29.8 Å². The van der Waals surface area contributed by atoms with Crippen LogP contribution in [0.25, 0.3) is 0 Å². The number of halogens is 1. The fourth-order valence-electron chi connectivity index (χ4n) is 3.23. The molecule has 0 unspecified atom stereocenters. The Morgan fingerprint density at radius 2 is 1.69 bits per heavy atom. The highest BCUT2D eigenvalue weighted by Crippen LogP contribution is 2.23. The molecule has 3 rings (SSSR count). The Bertz CT molecular complexity index is 809. The van der Waals surface area contributed by atoms with Crippen molar-refractivity contribution in [2.24, 2.45) is 5.92 Å². The van der Waals surface area contributed by atoms with E-state index in [1.807, 2.05) is 61.2 Å². The predicted molar refractivity (Wildman–Crippen MR) is 107 cm³/mol. The van der Waals surface area contributed by atoms with Gasteiger partial charge in [0.2, 0.25) is 5.91 Å². The summed E-state index contributed by atoms with van der Waals surface area (Å²) in [5.41, 5.74) is 3.75. The van der Waals surface area contributed by atoms with E-state index in [2.05, 4.69) is 21.2 Å². The minimum absolute atomic E-state index is 0.0332. The zero-order chi connectivity index (χ0) is 18.7. The summed E-state index contributed by atoms with van der Waals surface area (Å²) >= 11 is 3.38. The molecule has 2 aromatic rings. The number of aryl methyl sites for hydroxylation is 2. The predicted octanol–water partition coefficient (Wildman–Crippen LogP) is 4.56. The zero-order valence-corrected chi connectivity index (χ0v) is 16.7. The van der Waals surface area contributed by atoms with Crippen molar-refractivity contribution in [1.29, 1.82) is 0 Å². The van der Waals surface area contributed by atoms with Gasteiger partial charge < -0.3 is 10.2 Å². The average molecular weight is 415 g/mol. The van der Waals surface area contributed by atoms with Gasteiger partial charge in [-0.1, -0.05) is 28.1 Å². The number of hydrogen-bond acceptors (Lipinski definition) is 2.